The first kappa shape index (κ1) is 13.8. The topological polar surface area (TPSA) is 26.3 Å². The van der Waals surface area contributed by atoms with Gasteiger partial charge in [-0.2, -0.15) is 0 Å². The van der Waals surface area contributed by atoms with Gasteiger partial charge >= 0.3 is 0 Å². The fraction of sp³-hybridized carbons (Fsp3) is 0.533. The smallest absolute Gasteiger partial charge is 0.167 e. The molecule has 0 aliphatic heterocycles. The van der Waals surface area contributed by atoms with E-state index in [0.717, 1.165) is 11.1 Å². The number of hydrogen-bond donors (Lipinski definition) is 0. The fourth-order valence-corrected chi connectivity index (χ4v) is 2.01. The third-order valence-electron chi connectivity index (χ3n) is 2.61. The fourth-order valence-electron chi connectivity index (χ4n) is 2.01. The zero-order valence-electron chi connectivity index (χ0n) is 11.7. The van der Waals surface area contributed by atoms with Crippen LogP contribution < -0.4 is 4.74 Å². The van der Waals surface area contributed by atoms with Crippen molar-refractivity contribution in [2.75, 3.05) is 7.11 Å². The lowest BCUT2D eigenvalue weighted by atomic mass is 9.87. The first-order valence-corrected chi connectivity index (χ1v) is 5.93. The molecule has 0 saturated heterocycles. The van der Waals surface area contributed by atoms with Crippen LogP contribution in [0.4, 0.5) is 0 Å². The first-order valence-electron chi connectivity index (χ1n) is 5.93. The minimum Gasteiger partial charge on any atom is -0.496 e. The van der Waals surface area contributed by atoms with E-state index >= 15 is 0 Å². The first-order chi connectivity index (χ1) is 7.74. The summed E-state index contributed by atoms with van der Waals surface area (Å²) in [5.74, 6) is 0.867. The molecule has 0 aliphatic carbocycles. The van der Waals surface area contributed by atoms with Gasteiger partial charge in [-0.15, -0.1) is 0 Å². The summed E-state index contributed by atoms with van der Waals surface area (Å²) in [6.07, 6.45) is 0.534. The van der Waals surface area contributed by atoms with Gasteiger partial charge in [0.25, 0.3) is 0 Å². The van der Waals surface area contributed by atoms with Gasteiger partial charge in [0.15, 0.2) is 5.78 Å². The molecule has 94 valence electrons. The molecule has 1 rings (SSSR count). The average molecular weight is 234 g/mol. The summed E-state index contributed by atoms with van der Waals surface area (Å²) in [6.45, 7) is 10.2. The summed E-state index contributed by atoms with van der Waals surface area (Å²) in [5.41, 5.74) is 2.82. The molecular formula is C15H22O2. The molecule has 0 saturated carbocycles. The second-order valence-electron chi connectivity index (χ2n) is 5.82. The second kappa shape index (κ2) is 4.91. The molecule has 2 nitrogen and oxygen atoms in total. The summed E-state index contributed by atoms with van der Waals surface area (Å²) < 4.78 is 5.35. The SMILES string of the molecule is COc1c(C)cc(C)cc1C(=O)CC(C)(C)C. The van der Waals surface area contributed by atoms with Crippen molar-refractivity contribution >= 4 is 5.78 Å². The monoisotopic (exact) mass is 234 g/mol. The van der Waals surface area contributed by atoms with Crippen molar-refractivity contribution < 1.29 is 9.53 Å². The molecule has 0 aromatic heterocycles. The molecule has 0 amide bonds. The van der Waals surface area contributed by atoms with E-state index in [-0.39, 0.29) is 11.2 Å². The number of hydrogen-bond acceptors (Lipinski definition) is 2. The number of benzene rings is 1. The molecule has 0 bridgehead atoms. The number of methoxy groups -OCH3 is 1. The van der Waals surface area contributed by atoms with Gasteiger partial charge in [0, 0.05) is 6.42 Å². The molecule has 1 aromatic rings. The minimum absolute atomic E-state index is 0.000252. The zero-order valence-corrected chi connectivity index (χ0v) is 11.7. The van der Waals surface area contributed by atoms with Gasteiger partial charge in [0.2, 0.25) is 0 Å². The van der Waals surface area contributed by atoms with Crippen molar-refractivity contribution in [3.8, 4) is 5.75 Å². The van der Waals surface area contributed by atoms with Crippen LogP contribution in [0.5, 0.6) is 5.75 Å². The van der Waals surface area contributed by atoms with Crippen LogP contribution in [0.3, 0.4) is 0 Å². The van der Waals surface area contributed by atoms with Crippen LogP contribution in [0.1, 0.15) is 48.7 Å². The molecule has 0 atom stereocenters. The van der Waals surface area contributed by atoms with Gasteiger partial charge in [0.1, 0.15) is 5.75 Å². The van der Waals surface area contributed by atoms with Crippen LogP contribution in [0.2, 0.25) is 0 Å². The average Bonchev–Trinajstić information content (AvgIpc) is 2.13. The Hall–Kier alpha value is -1.31. The number of Topliss-reactive ketones (excluding diaryl/α,β-unsaturated/α-hetero) is 1. The van der Waals surface area contributed by atoms with E-state index in [2.05, 4.69) is 20.8 Å². The van der Waals surface area contributed by atoms with E-state index in [9.17, 15) is 4.79 Å². The van der Waals surface area contributed by atoms with Gasteiger partial charge in [-0.3, -0.25) is 4.79 Å². The summed E-state index contributed by atoms with van der Waals surface area (Å²) in [5, 5.41) is 0. The summed E-state index contributed by atoms with van der Waals surface area (Å²) >= 11 is 0. The van der Waals surface area contributed by atoms with Gasteiger partial charge in [0.05, 0.1) is 12.7 Å². The summed E-state index contributed by atoms with van der Waals surface area (Å²) in [4.78, 5) is 12.3. The standard InChI is InChI=1S/C15H22O2/c1-10-7-11(2)14(17-6)12(8-10)13(16)9-15(3,4)5/h7-8H,9H2,1-6H3. The molecule has 0 radical (unpaired) electrons. The van der Waals surface area contributed by atoms with Crippen molar-refractivity contribution in [3.63, 3.8) is 0 Å². The van der Waals surface area contributed by atoms with Crippen molar-refractivity contribution in [1.82, 2.24) is 0 Å². The molecule has 2 heteroatoms. The number of aryl methyl sites for hydroxylation is 2. The van der Waals surface area contributed by atoms with E-state index < -0.39 is 0 Å². The number of carbonyl (C=O) groups excluding carboxylic acids is 1. The molecule has 0 N–H and O–H groups in total. The zero-order chi connectivity index (χ0) is 13.2. The largest absolute Gasteiger partial charge is 0.496 e. The number of rotatable bonds is 3. The maximum Gasteiger partial charge on any atom is 0.167 e. The lowest BCUT2D eigenvalue weighted by Crippen LogP contribution is -2.14. The third kappa shape index (κ3) is 3.58. The Balaban J connectivity index is 3.16. The molecule has 17 heavy (non-hydrogen) atoms. The maximum atomic E-state index is 12.3. The summed E-state index contributed by atoms with van der Waals surface area (Å²) in [7, 11) is 1.62. The highest BCUT2D eigenvalue weighted by atomic mass is 16.5. The highest BCUT2D eigenvalue weighted by Gasteiger charge is 2.21. The lowest BCUT2D eigenvalue weighted by molar-refractivity contribution is 0.0936. The predicted molar refractivity (Wildman–Crippen MR) is 70.9 cm³/mol. The van der Waals surface area contributed by atoms with Gasteiger partial charge in [-0.05, 0) is 36.5 Å². The van der Waals surface area contributed by atoms with E-state index in [0.29, 0.717) is 17.7 Å². The normalized spacial score (nSPS) is 11.4. The quantitative estimate of drug-likeness (QED) is 0.741. The number of ether oxygens (including phenoxy) is 1. The Bertz CT molecular complexity index is 425. The van der Waals surface area contributed by atoms with Crippen molar-refractivity contribution in [3.05, 3.63) is 28.8 Å². The third-order valence-corrected chi connectivity index (χ3v) is 2.61. The molecular weight excluding hydrogens is 212 g/mol. The Morgan fingerprint density at radius 3 is 2.29 bits per heavy atom. The molecule has 0 spiro atoms. The lowest BCUT2D eigenvalue weighted by Gasteiger charge is -2.19. The van der Waals surface area contributed by atoms with Crippen molar-refractivity contribution in [2.45, 2.75) is 41.0 Å². The molecule has 0 aliphatic rings. The van der Waals surface area contributed by atoms with Gasteiger partial charge < -0.3 is 4.74 Å². The molecule has 1 aromatic carbocycles. The van der Waals surface area contributed by atoms with E-state index in [4.69, 9.17) is 4.74 Å². The highest BCUT2D eigenvalue weighted by Crippen LogP contribution is 2.29. The van der Waals surface area contributed by atoms with Crippen LogP contribution in [0.15, 0.2) is 12.1 Å². The van der Waals surface area contributed by atoms with Crippen molar-refractivity contribution in [2.24, 2.45) is 5.41 Å². The number of ketones is 1. The van der Waals surface area contributed by atoms with Gasteiger partial charge in [-0.25, -0.2) is 0 Å². The molecule has 0 unspecified atom stereocenters. The Kier molecular flexibility index (Phi) is 3.97. The van der Waals surface area contributed by atoms with Gasteiger partial charge in [-0.1, -0.05) is 26.8 Å². The predicted octanol–water partition coefficient (Wildman–Crippen LogP) is 3.93. The van der Waals surface area contributed by atoms with E-state index in [1.807, 2.05) is 26.0 Å². The van der Waals surface area contributed by atoms with Crippen LogP contribution in [0, 0.1) is 19.3 Å². The Morgan fingerprint density at radius 2 is 1.82 bits per heavy atom. The summed E-state index contributed by atoms with van der Waals surface area (Å²) in [6, 6.07) is 3.95. The molecule has 0 heterocycles. The van der Waals surface area contributed by atoms with Crippen LogP contribution in [-0.2, 0) is 0 Å². The Labute approximate surface area is 104 Å². The van der Waals surface area contributed by atoms with Crippen LogP contribution >= 0.6 is 0 Å². The van der Waals surface area contributed by atoms with E-state index in [1.54, 1.807) is 7.11 Å². The number of carbonyl (C=O) groups is 1. The van der Waals surface area contributed by atoms with Crippen LogP contribution in [0.25, 0.3) is 0 Å². The Morgan fingerprint density at radius 1 is 1.24 bits per heavy atom. The second-order valence-corrected chi connectivity index (χ2v) is 5.82. The minimum atomic E-state index is -0.000252. The maximum absolute atomic E-state index is 12.3. The highest BCUT2D eigenvalue weighted by molar-refractivity contribution is 5.99. The molecule has 0 fully saturated rings. The van der Waals surface area contributed by atoms with Crippen LogP contribution in [-0.4, -0.2) is 12.9 Å². The van der Waals surface area contributed by atoms with Crippen molar-refractivity contribution in [1.29, 1.82) is 0 Å². The van der Waals surface area contributed by atoms with E-state index in [1.165, 1.54) is 0 Å².